The number of benzene rings is 6. The topological polar surface area (TPSA) is 60.0 Å². The summed E-state index contributed by atoms with van der Waals surface area (Å²) >= 11 is 18.3. The van der Waals surface area contributed by atoms with Gasteiger partial charge in [0.05, 0.1) is 16.1 Å². The van der Waals surface area contributed by atoms with E-state index in [-0.39, 0.29) is 24.1 Å². The van der Waals surface area contributed by atoms with E-state index < -0.39 is 0 Å². The Morgan fingerprint density at radius 3 is 2.21 bits per heavy atom. The van der Waals surface area contributed by atoms with Crippen molar-refractivity contribution in [2.45, 2.75) is 57.5 Å². The van der Waals surface area contributed by atoms with E-state index >= 15 is 0 Å². The molecule has 0 fully saturated rings. The summed E-state index contributed by atoms with van der Waals surface area (Å²) in [7, 11) is 0. The summed E-state index contributed by atoms with van der Waals surface area (Å²) < 4.78 is 18.9. The molecule has 2 aliphatic heterocycles. The maximum absolute atomic E-state index is 14.1. The quantitative estimate of drug-likeness (QED) is 0.133. The second kappa shape index (κ2) is 17.7. The van der Waals surface area contributed by atoms with Gasteiger partial charge in [0.25, 0.3) is 0 Å². The fourth-order valence-corrected chi connectivity index (χ4v) is 8.22. The van der Waals surface area contributed by atoms with Crippen molar-refractivity contribution in [2.75, 3.05) is 13.2 Å². The van der Waals surface area contributed by atoms with Crippen LogP contribution in [0.1, 0.15) is 58.9 Å². The largest absolute Gasteiger partial charge is 0.489 e. The monoisotopic (exact) mass is 816 g/mol. The molecule has 2 heterocycles. The minimum atomic E-state index is -0.345. The average Bonchev–Trinajstić information content (AvgIpc) is 3.24. The number of carbonyl (C=O) groups excluding carboxylic acids is 1. The highest BCUT2D eigenvalue weighted by molar-refractivity contribution is 6.42. The number of ether oxygens (including phenoxy) is 3. The van der Waals surface area contributed by atoms with E-state index in [4.69, 9.17) is 49.0 Å². The van der Waals surface area contributed by atoms with Crippen molar-refractivity contribution in [1.29, 1.82) is 0 Å². The summed E-state index contributed by atoms with van der Waals surface area (Å²) in [5.41, 5.74) is 8.79. The van der Waals surface area contributed by atoms with Crippen LogP contribution in [0.3, 0.4) is 0 Å². The lowest BCUT2D eigenvalue weighted by atomic mass is 9.89. The van der Waals surface area contributed by atoms with Gasteiger partial charge in [-0.25, -0.2) is 0 Å². The number of hydrogen-bond donors (Lipinski definition) is 1. The van der Waals surface area contributed by atoms with E-state index in [1.54, 1.807) is 6.07 Å². The smallest absolute Gasteiger partial charge is 0.237 e. The lowest BCUT2D eigenvalue weighted by Crippen LogP contribution is -2.51. The van der Waals surface area contributed by atoms with Crippen LogP contribution in [0.5, 0.6) is 17.2 Å². The molecule has 6 aromatic carbocycles. The number of fused-ring (bicyclic) bond motifs is 2. The fourth-order valence-electron chi connectivity index (χ4n) is 7.77. The molecule has 57 heavy (non-hydrogen) atoms. The molecule has 0 spiro atoms. The Kier molecular flexibility index (Phi) is 12.0. The molecule has 6 aromatic rings. The molecule has 3 unspecified atom stereocenters. The van der Waals surface area contributed by atoms with Crippen LogP contribution in [0.2, 0.25) is 15.1 Å². The van der Waals surface area contributed by atoms with Crippen molar-refractivity contribution in [3.05, 3.63) is 182 Å². The first-order valence-corrected chi connectivity index (χ1v) is 20.5. The standard InChI is InChI=1S/C48H43Cl3N2O4/c1-2-43(35-6-4-3-5-7-35)53-28-38-27-46-45(56-30-47(57-46)36-15-19-40(20-16-36)55-29-32-10-21-41(50)42(51)24-32)26-37(38)25-44(53)48(54)52-23-22-31-8-11-33(12-9-31)34-13-17-39(49)18-14-34/h3-21,24,26-27,43-44,47H,2,22-23,25,28-30H2,1H3,(H,52,54). The zero-order chi connectivity index (χ0) is 39.3. The average molecular weight is 818 g/mol. The number of rotatable bonds is 12. The summed E-state index contributed by atoms with van der Waals surface area (Å²) in [6.07, 6.45) is 1.90. The normalized spacial score (nSPS) is 16.7. The van der Waals surface area contributed by atoms with Gasteiger partial charge in [0, 0.05) is 24.2 Å². The number of hydrogen-bond acceptors (Lipinski definition) is 5. The molecule has 1 N–H and O–H groups in total. The van der Waals surface area contributed by atoms with Gasteiger partial charge in [0.1, 0.15) is 19.0 Å². The van der Waals surface area contributed by atoms with Crippen molar-refractivity contribution in [3.63, 3.8) is 0 Å². The zero-order valence-electron chi connectivity index (χ0n) is 31.6. The Morgan fingerprint density at radius 2 is 1.49 bits per heavy atom. The zero-order valence-corrected chi connectivity index (χ0v) is 33.9. The molecule has 1 amide bonds. The molecule has 0 saturated carbocycles. The Morgan fingerprint density at radius 1 is 0.789 bits per heavy atom. The van der Waals surface area contributed by atoms with Crippen LogP contribution in [-0.4, -0.2) is 30.0 Å². The van der Waals surface area contributed by atoms with E-state index in [1.807, 2.05) is 66.7 Å². The third-order valence-corrected chi connectivity index (χ3v) is 11.8. The van der Waals surface area contributed by atoms with E-state index in [0.717, 1.165) is 57.0 Å². The number of nitrogens with one attached hydrogen (secondary N) is 1. The van der Waals surface area contributed by atoms with Gasteiger partial charge >= 0.3 is 0 Å². The van der Waals surface area contributed by atoms with Crippen molar-refractivity contribution in [3.8, 4) is 28.4 Å². The van der Waals surface area contributed by atoms with Crippen LogP contribution < -0.4 is 19.5 Å². The second-order valence-corrected chi connectivity index (χ2v) is 15.8. The van der Waals surface area contributed by atoms with E-state index in [0.29, 0.717) is 54.3 Å². The first-order valence-electron chi connectivity index (χ1n) is 19.4. The molecule has 0 saturated heterocycles. The Balaban J connectivity index is 0.950. The molecule has 0 radical (unpaired) electrons. The maximum atomic E-state index is 14.1. The van der Waals surface area contributed by atoms with E-state index in [1.165, 1.54) is 11.1 Å². The predicted octanol–water partition coefficient (Wildman–Crippen LogP) is 11.6. The number of nitrogens with zero attached hydrogens (tertiary/aromatic N) is 1. The van der Waals surface area contributed by atoms with E-state index in [2.05, 4.69) is 77.8 Å². The second-order valence-electron chi connectivity index (χ2n) is 14.6. The fraction of sp³-hybridized carbons (Fsp3) is 0.229. The maximum Gasteiger partial charge on any atom is 0.237 e. The van der Waals surface area contributed by atoms with Crippen LogP contribution in [-0.2, 0) is 30.8 Å². The van der Waals surface area contributed by atoms with Crippen LogP contribution in [0.4, 0.5) is 0 Å². The highest BCUT2D eigenvalue weighted by Crippen LogP contribution is 2.42. The third-order valence-electron chi connectivity index (χ3n) is 10.9. The van der Waals surface area contributed by atoms with Crippen LogP contribution in [0.15, 0.2) is 133 Å². The highest BCUT2D eigenvalue weighted by Gasteiger charge is 2.37. The molecule has 0 aromatic heterocycles. The molecular weight excluding hydrogens is 775 g/mol. The Bertz CT molecular complexity index is 2320. The van der Waals surface area contributed by atoms with Crippen molar-refractivity contribution in [1.82, 2.24) is 10.2 Å². The molecule has 6 nitrogen and oxygen atoms in total. The minimum Gasteiger partial charge on any atom is -0.489 e. The number of amides is 1. The van der Waals surface area contributed by atoms with Crippen LogP contribution >= 0.6 is 34.8 Å². The van der Waals surface area contributed by atoms with Crippen molar-refractivity contribution in [2.24, 2.45) is 0 Å². The first kappa shape index (κ1) is 38.9. The molecule has 3 atom stereocenters. The van der Waals surface area contributed by atoms with Crippen LogP contribution in [0.25, 0.3) is 11.1 Å². The predicted molar refractivity (Wildman–Crippen MR) is 229 cm³/mol. The molecule has 0 aliphatic carbocycles. The third kappa shape index (κ3) is 9.11. The number of carbonyl (C=O) groups is 1. The van der Waals surface area contributed by atoms with Gasteiger partial charge in [-0.15, -0.1) is 0 Å². The molecule has 8 rings (SSSR count). The van der Waals surface area contributed by atoms with Crippen molar-refractivity contribution >= 4 is 40.7 Å². The first-order chi connectivity index (χ1) is 27.8. The summed E-state index contributed by atoms with van der Waals surface area (Å²) in [6, 6.07) is 44.1. The van der Waals surface area contributed by atoms with Gasteiger partial charge in [-0.1, -0.05) is 127 Å². The minimum absolute atomic E-state index is 0.0344. The van der Waals surface area contributed by atoms with Gasteiger partial charge in [-0.05, 0) is 112 Å². The molecule has 0 bridgehead atoms. The molecule has 9 heteroatoms. The summed E-state index contributed by atoms with van der Waals surface area (Å²) in [6.45, 7) is 4.09. The molecule has 290 valence electrons. The lowest BCUT2D eigenvalue weighted by Gasteiger charge is -2.41. The summed E-state index contributed by atoms with van der Waals surface area (Å²) in [4.78, 5) is 16.5. The highest BCUT2D eigenvalue weighted by atomic mass is 35.5. The Labute approximate surface area is 349 Å². The van der Waals surface area contributed by atoms with Gasteiger partial charge < -0.3 is 19.5 Å². The SMILES string of the molecule is CCC(c1ccccc1)N1Cc2cc3c(cc2CC1C(=O)NCCc1ccc(-c2ccc(Cl)cc2)cc1)OCC(c1ccc(OCc2ccc(Cl)c(Cl)c2)cc1)O3. The number of halogens is 3. The van der Waals surface area contributed by atoms with Gasteiger partial charge in [-0.2, -0.15) is 0 Å². The van der Waals surface area contributed by atoms with Gasteiger partial charge in [0.2, 0.25) is 5.91 Å². The Hall–Kier alpha value is -4.98. The van der Waals surface area contributed by atoms with Crippen molar-refractivity contribution < 1.29 is 19.0 Å². The summed E-state index contributed by atoms with van der Waals surface area (Å²) in [5, 5.41) is 5.03. The van der Waals surface area contributed by atoms with Gasteiger partial charge in [0.15, 0.2) is 17.6 Å². The van der Waals surface area contributed by atoms with Crippen LogP contribution in [0, 0.1) is 0 Å². The summed E-state index contributed by atoms with van der Waals surface area (Å²) in [5.74, 6) is 2.19. The lowest BCUT2D eigenvalue weighted by molar-refractivity contribution is -0.128. The van der Waals surface area contributed by atoms with E-state index in [9.17, 15) is 4.79 Å². The molecular formula is C48H43Cl3N2O4. The molecule has 2 aliphatic rings. The van der Waals surface area contributed by atoms with Gasteiger partial charge in [-0.3, -0.25) is 9.69 Å².